The molecule has 1 aliphatic heterocycles. The number of benzene rings is 3. The second-order valence-corrected chi connectivity index (χ2v) is 11.4. The van der Waals surface area contributed by atoms with Crippen LogP contribution < -0.4 is 4.74 Å². The van der Waals surface area contributed by atoms with E-state index in [4.69, 9.17) is 4.74 Å². The fraction of sp³-hybridized carbons (Fsp3) is 0.231. The Morgan fingerprint density at radius 2 is 1.62 bits per heavy atom. The minimum Gasteiger partial charge on any atom is -0.496 e. The van der Waals surface area contributed by atoms with Gasteiger partial charge in [-0.15, -0.1) is 0 Å². The largest absolute Gasteiger partial charge is 0.496 e. The maximum Gasteiger partial charge on any atom is 0.407 e. The predicted molar refractivity (Wildman–Crippen MR) is 143 cm³/mol. The molecule has 0 atom stereocenters. The lowest BCUT2D eigenvalue weighted by Gasteiger charge is -2.20. The van der Waals surface area contributed by atoms with Gasteiger partial charge in [-0.3, -0.25) is 4.79 Å². The van der Waals surface area contributed by atoms with Crippen LogP contribution in [0.15, 0.2) is 70.2 Å². The highest BCUT2D eigenvalue weighted by Crippen LogP contribution is 2.35. The number of halogens is 1. The molecule has 1 aliphatic rings. The minimum atomic E-state index is -4.11. The molecule has 0 unspecified atom stereocenters. The van der Waals surface area contributed by atoms with Crippen LogP contribution in [0.5, 0.6) is 5.75 Å². The fourth-order valence-electron chi connectivity index (χ4n) is 4.78. The summed E-state index contributed by atoms with van der Waals surface area (Å²) in [7, 11) is -2.58. The maximum atomic E-state index is 14.0. The number of rotatable bonds is 4. The van der Waals surface area contributed by atoms with Crippen LogP contribution in [-0.4, -0.2) is 72.6 Å². The van der Waals surface area contributed by atoms with E-state index in [1.54, 1.807) is 47.4 Å². The molecule has 4 aromatic rings. The average Bonchev–Trinajstić information content (AvgIpc) is 3.09. The van der Waals surface area contributed by atoms with Crippen molar-refractivity contribution in [1.82, 2.24) is 13.8 Å². The van der Waals surface area contributed by atoms with Crippen molar-refractivity contribution in [2.75, 3.05) is 33.3 Å². The van der Waals surface area contributed by atoms with Crippen molar-refractivity contribution in [2.24, 2.45) is 0 Å². The summed E-state index contributed by atoms with van der Waals surface area (Å²) in [5, 5.41) is 11.0. The van der Waals surface area contributed by atoms with E-state index in [0.717, 1.165) is 3.97 Å². The van der Waals surface area contributed by atoms with Gasteiger partial charge >= 0.3 is 6.09 Å². The molecule has 0 spiro atoms. The van der Waals surface area contributed by atoms with Crippen molar-refractivity contribution in [3.05, 3.63) is 70.8 Å². The standard InChI is InChI=1S/C26H24BrN3O6S/c1-36-23-9-10-24(19-6-3-2-5-18(19)23)37(34,35)30-16-21(20-15-17(27)7-8-22(20)30)25(31)28-11-4-12-29(14-13-28)26(32)33/h2-3,5-10,15-16H,4,11-14H2,1H3,(H,32,33). The number of methoxy groups -OCH3 is 1. The van der Waals surface area contributed by atoms with Crippen LogP contribution in [0.2, 0.25) is 0 Å². The van der Waals surface area contributed by atoms with Gasteiger partial charge in [0.25, 0.3) is 15.9 Å². The van der Waals surface area contributed by atoms with E-state index in [2.05, 4.69) is 15.9 Å². The van der Waals surface area contributed by atoms with E-state index in [-0.39, 0.29) is 29.5 Å². The lowest BCUT2D eigenvalue weighted by molar-refractivity contribution is 0.0761. The summed E-state index contributed by atoms with van der Waals surface area (Å²) in [5.41, 5.74) is 0.606. The van der Waals surface area contributed by atoms with Gasteiger partial charge in [-0.05, 0) is 36.8 Å². The van der Waals surface area contributed by atoms with Gasteiger partial charge in [0.2, 0.25) is 0 Å². The summed E-state index contributed by atoms with van der Waals surface area (Å²) in [4.78, 5) is 28.0. The highest BCUT2D eigenvalue weighted by atomic mass is 79.9. The highest BCUT2D eigenvalue weighted by molar-refractivity contribution is 9.10. The van der Waals surface area contributed by atoms with Crippen molar-refractivity contribution < 1.29 is 27.9 Å². The molecular weight excluding hydrogens is 562 g/mol. The Hall–Kier alpha value is -3.57. The van der Waals surface area contributed by atoms with Gasteiger partial charge in [-0.1, -0.05) is 40.2 Å². The lowest BCUT2D eigenvalue weighted by atomic mass is 10.1. The Morgan fingerprint density at radius 1 is 0.919 bits per heavy atom. The van der Waals surface area contributed by atoms with Crippen LogP contribution in [0.3, 0.4) is 0 Å². The first-order valence-corrected chi connectivity index (χ1v) is 13.8. The SMILES string of the molecule is COc1ccc(S(=O)(=O)n2cc(C(=O)N3CCCN(C(=O)O)CC3)c3cc(Br)ccc32)c2ccccc12. The van der Waals surface area contributed by atoms with Gasteiger partial charge in [-0.2, -0.15) is 0 Å². The Kier molecular flexibility index (Phi) is 6.59. The number of fused-ring (bicyclic) bond motifs is 2. The normalized spacial score (nSPS) is 14.6. The van der Waals surface area contributed by atoms with Gasteiger partial charge in [-0.25, -0.2) is 17.2 Å². The van der Waals surface area contributed by atoms with Gasteiger partial charge in [0.05, 0.1) is 23.1 Å². The molecular formula is C26H24BrN3O6S. The van der Waals surface area contributed by atoms with E-state index in [9.17, 15) is 23.1 Å². The van der Waals surface area contributed by atoms with Crippen molar-refractivity contribution >= 4 is 59.6 Å². The topological polar surface area (TPSA) is 109 Å². The van der Waals surface area contributed by atoms with Gasteiger partial charge in [0, 0.05) is 53.0 Å². The molecule has 1 aromatic heterocycles. The van der Waals surface area contributed by atoms with Crippen molar-refractivity contribution in [3.8, 4) is 5.75 Å². The average molecular weight is 586 g/mol. The minimum absolute atomic E-state index is 0.0922. The summed E-state index contributed by atoms with van der Waals surface area (Å²) in [5.74, 6) is 0.215. The van der Waals surface area contributed by atoms with E-state index >= 15 is 0 Å². The number of amides is 2. The zero-order chi connectivity index (χ0) is 26.3. The van der Waals surface area contributed by atoms with Gasteiger partial charge in [0.1, 0.15) is 5.75 Å². The van der Waals surface area contributed by atoms with E-state index in [1.807, 2.05) is 6.07 Å². The van der Waals surface area contributed by atoms with Gasteiger partial charge in [0.15, 0.2) is 0 Å². The van der Waals surface area contributed by atoms with Crippen LogP contribution in [0.1, 0.15) is 16.8 Å². The number of ether oxygens (including phenoxy) is 1. The number of hydrogen-bond acceptors (Lipinski definition) is 5. The summed E-state index contributed by atoms with van der Waals surface area (Å²) in [6, 6.07) is 15.3. The second-order valence-electron chi connectivity index (χ2n) is 8.73. The molecule has 37 heavy (non-hydrogen) atoms. The first-order valence-electron chi connectivity index (χ1n) is 11.6. The fourth-order valence-corrected chi connectivity index (χ4v) is 6.71. The summed E-state index contributed by atoms with van der Waals surface area (Å²) < 4.78 is 35.4. The molecule has 11 heteroatoms. The Balaban J connectivity index is 1.63. The van der Waals surface area contributed by atoms with Crippen molar-refractivity contribution in [3.63, 3.8) is 0 Å². The van der Waals surface area contributed by atoms with E-state index in [0.29, 0.717) is 51.4 Å². The molecule has 2 amide bonds. The van der Waals surface area contributed by atoms with E-state index in [1.165, 1.54) is 24.3 Å². The van der Waals surface area contributed by atoms with Gasteiger partial charge < -0.3 is 19.6 Å². The smallest absolute Gasteiger partial charge is 0.407 e. The number of nitrogens with zero attached hydrogens (tertiary/aromatic N) is 3. The molecule has 0 aliphatic carbocycles. The molecule has 1 fully saturated rings. The molecule has 9 nitrogen and oxygen atoms in total. The number of carbonyl (C=O) groups excluding carboxylic acids is 1. The number of hydrogen-bond donors (Lipinski definition) is 1. The monoisotopic (exact) mass is 585 g/mol. The molecule has 5 rings (SSSR count). The first kappa shape index (κ1) is 25.1. The quantitative estimate of drug-likeness (QED) is 0.374. The van der Waals surface area contributed by atoms with Crippen LogP contribution in [0.25, 0.3) is 21.7 Å². The third-order valence-electron chi connectivity index (χ3n) is 6.62. The van der Waals surface area contributed by atoms with Crippen LogP contribution in [-0.2, 0) is 10.0 Å². The second kappa shape index (κ2) is 9.71. The predicted octanol–water partition coefficient (Wildman–Crippen LogP) is 4.63. The Morgan fingerprint density at radius 3 is 2.35 bits per heavy atom. The zero-order valence-electron chi connectivity index (χ0n) is 19.9. The van der Waals surface area contributed by atoms with Crippen molar-refractivity contribution in [2.45, 2.75) is 11.3 Å². The summed E-state index contributed by atoms with van der Waals surface area (Å²) in [6.07, 6.45) is 0.845. The van der Waals surface area contributed by atoms with Crippen LogP contribution >= 0.6 is 15.9 Å². The molecule has 2 heterocycles. The molecule has 192 valence electrons. The highest BCUT2D eigenvalue weighted by Gasteiger charge is 2.29. The summed E-state index contributed by atoms with van der Waals surface area (Å²) >= 11 is 3.43. The van der Waals surface area contributed by atoms with Crippen LogP contribution in [0.4, 0.5) is 4.79 Å². The molecule has 0 bridgehead atoms. The van der Waals surface area contributed by atoms with E-state index < -0.39 is 16.1 Å². The number of carboxylic acid groups (broad SMARTS) is 1. The Labute approximate surface area is 222 Å². The summed E-state index contributed by atoms with van der Waals surface area (Å²) in [6.45, 7) is 1.13. The third kappa shape index (κ3) is 4.42. The molecule has 0 saturated carbocycles. The maximum absolute atomic E-state index is 14.0. The lowest BCUT2D eigenvalue weighted by Crippen LogP contribution is -2.36. The number of aromatic nitrogens is 1. The third-order valence-corrected chi connectivity index (χ3v) is 8.84. The first-order chi connectivity index (χ1) is 17.7. The van der Waals surface area contributed by atoms with Crippen LogP contribution in [0, 0.1) is 0 Å². The van der Waals surface area contributed by atoms with Crippen molar-refractivity contribution in [1.29, 1.82) is 0 Å². The molecule has 1 saturated heterocycles. The molecule has 3 aromatic carbocycles. The molecule has 1 N–H and O–H groups in total. The zero-order valence-corrected chi connectivity index (χ0v) is 22.3. The Bertz CT molecular complexity index is 1650. The molecule has 0 radical (unpaired) electrons. The number of carbonyl (C=O) groups is 2.